The first-order valence-corrected chi connectivity index (χ1v) is 6.91. The zero-order chi connectivity index (χ0) is 11.3. The van der Waals surface area contributed by atoms with Gasteiger partial charge in [0.2, 0.25) is 10.0 Å². The van der Waals surface area contributed by atoms with Crippen molar-refractivity contribution >= 4 is 10.0 Å². The summed E-state index contributed by atoms with van der Waals surface area (Å²) in [6.07, 6.45) is 1.59. The van der Waals surface area contributed by atoms with Crippen LogP contribution in [-0.2, 0) is 14.8 Å². The van der Waals surface area contributed by atoms with E-state index in [2.05, 4.69) is 0 Å². The standard InChI is InChI=1S/C9H19NO4S/c1-2-10(5-6-11)15(12,13)8-9-4-3-7-14-9/h9,11H,2-8H2,1H3. The Labute approximate surface area is 91.1 Å². The van der Waals surface area contributed by atoms with Crippen molar-refractivity contribution in [2.75, 3.05) is 32.1 Å². The lowest BCUT2D eigenvalue weighted by Gasteiger charge is -2.21. The minimum absolute atomic E-state index is 0.0425. The van der Waals surface area contributed by atoms with Crippen LogP contribution < -0.4 is 0 Å². The van der Waals surface area contributed by atoms with Crippen LogP contribution in [0.2, 0.25) is 0 Å². The van der Waals surface area contributed by atoms with Gasteiger partial charge in [-0.1, -0.05) is 6.92 Å². The zero-order valence-electron chi connectivity index (χ0n) is 9.05. The van der Waals surface area contributed by atoms with E-state index >= 15 is 0 Å². The second-order valence-corrected chi connectivity index (χ2v) is 5.64. The van der Waals surface area contributed by atoms with Crippen LogP contribution in [0.1, 0.15) is 19.8 Å². The molecule has 1 fully saturated rings. The first kappa shape index (κ1) is 12.9. The van der Waals surface area contributed by atoms with Crippen molar-refractivity contribution in [3.63, 3.8) is 0 Å². The number of hydrogen-bond acceptors (Lipinski definition) is 4. The lowest BCUT2D eigenvalue weighted by molar-refractivity contribution is 0.126. The van der Waals surface area contributed by atoms with E-state index in [1.807, 2.05) is 0 Å². The van der Waals surface area contributed by atoms with Crippen molar-refractivity contribution in [1.29, 1.82) is 0 Å². The Kier molecular flexibility index (Phi) is 4.98. The molecule has 15 heavy (non-hydrogen) atoms. The van der Waals surface area contributed by atoms with Gasteiger partial charge in [-0.3, -0.25) is 0 Å². The van der Waals surface area contributed by atoms with Gasteiger partial charge in [-0.05, 0) is 12.8 Å². The number of rotatable bonds is 6. The number of likely N-dealkylation sites (N-methyl/N-ethyl adjacent to an activating group) is 1. The molecule has 1 aliphatic heterocycles. The van der Waals surface area contributed by atoms with Gasteiger partial charge in [0.15, 0.2) is 0 Å². The van der Waals surface area contributed by atoms with Crippen molar-refractivity contribution in [2.45, 2.75) is 25.9 Å². The molecule has 90 valence electrons. The first-order valence-electron chi connectivity index (χ1n) is 5.30. The Morgan fingerprint density at radius 3 is 2.73 bits per heavy atom. The van der Waals surface area contributed by atoms with E-state index in [4.69, 9.17) is 9.84 Å². The van der Waals surface area contributed by atoms with Crippen molar-refractivity contribution < 1.29 is 18.3 Å². The molecular formula is C9H19NO4S. The molecule has 0 spiro atoms. The molecule has 0 aromatic carbocycles. The smallest absolute Gasteiger partial charge is 0.216 e. The summed E-state index contributed by atoms with van der Waals surface area (Å²) in [5, 5.41) is 8.75. The highest BCUT2D eigenvalue weighted by molar-refractivity contribution is 7.89. The Morgan fingerprint density at radius 1 is 1.53 bits per heavy atom. The van der Waals surface area contributed by atoms with E-state index in [-0.39, 0.29) is 25.0 Å². The van der Waals surface area contributed by atoms with Gasteiger partial charge in [-0.2, -0.15) is 4.31 Å². The average molecular weight is 237 g/mol. The van der Waals surface area contributed by atoms with E-state index in [1.54, 1.807) is 6.92 Å². The topological polar surface area (TPSA) is 66.8 Å². The van der Waals surface area contributed by atoms with E-state index < -0.39 is 10.0 Å². The highest BCUT2D eigenvalue weighted by Gasteiger charge is 2.27. The molecule has 0 radical (unpaired) electrons. The molecule has 0 aliphatic carbocycles. The summed E-state index contributed by atoms with van der Waals surface area (Å²) in [7, 11) is -3.27. The second kappa shape index (κ2) is 5.79. The van der Waals surface area contributed by atoms with Gasteiger partial charge in [0.05, 0.1) is 18.5 Å². The lowest BCUT2D eigenvalue weighted by atomic mass is 10.3. The van der Waals surface area contributed by atoms with Crippen molar-refractivity contribution in [1.82, 2.24) is 4.31 Å². The SMILES string of the molecule is CCN(CCO)S(=O)(=O)CC1CCCO1. The highest BCUT2D eigenvalue weighted by atomic mass is 32.2. The van der Waals surface area contributed by atoms with E-state index in [0.29, 0.717) is 13.2 Å². The molecular weight excluding hydrogens is 218 g/mol. The minimum atomic E-state index is -3.27. The van der Waals surface area contributed by atoms with Gasteiger partial charge in [-0.15, -0.1) is 0 Å². The van der Waals surface area contributed by atoms with Crippen LogP contribution in [-0.4, -0.2) is 56.0 Å². The predicted octanol–water partition coefficient (Wildman–Crippen LogP) is -0.191. The van der Waals surface area contributed by atoms with E-state index in [1.165, 1.54) is 4.31 Å². The van der Waals surface area contributed by atoms with Gasteiger partial charge in [0.1, 0.15) is 0 Å². The fraction of sp³-hybridized carbons (Fsp3) is 1.00. The molecule has 1 rings (SSSR count). The Morgan fingerprint density at radius 2 is 2.27 bits per heavy atom. The summed E-state index contributed by atoms with van der Waals surface area (Å²) in [5.41, 5.74) is 0. The average Bonchev–Trinajstić information content (AvgIpc) is 2.65. The number of ether oxygens (including phenoxy) is 1. The number of aliphatic hydroxyl groups is 1. The number of aliphatic hydroxyl groups excluding tert-OH is 1. The van der Waals surface area contributed by atoms with Crippen LogP contribution in [0.5, 0.6) is 0 Å². The maximum absolute atomic E-state index is 11.8. The lowest BCUT2D eigenvalue weighted by Crippen LogP contribution is -2.38. The molecule has 1 unspecified atom stereocenters. The minimum Gasteiger partial charge on any atom is -0.395 e. The first-order chi connectivity index (χ1) is 7.10. The number of sulfonamides is 1. The Bertz CT molecular complexity index is 272. The normalized spacial score (nSPS) is 22.5. The van der Waals surface area contributed by atoms with Crippen molar-refractivity contribution in [2.24, 2.45) is 0 Å². The molecule has 1 saturated heterocycles. The quantitative estimate of drug-likeness (QED) is 0.695. The fourth-order valence-corrected chi connectivity index (χ4v) is 3.42. The summed E-state index contributed by atoms with van der Waals surface area (Å²) in [5.74, 6) is 0.0425. The van der Waals surface area contributed by atoms with Crippen LogP contribution in [0.15, 0.2) is 0 Å². The van der Waals surface area contributed by atoms with Gasteiger partial charge >= 0.3 is 0 Å². The second-order valence-electron chi connectivity index (χ2n) is 3.63. The predicted molar refractivity (Wildman–Crippen MR) is 57.1 cm³/mol. The molecule has 0 amide bonds. The number of hydrogen-bond donors (Lipinski definition) is 1. The van der Waals surface area contributed by atoms with Crippen molar-refractivity contribution in [3.05, 3.63) is 0 Å². The molecule has 0 saturated carbocycles. The van der Waals surface area contributed by atoms with Crippen molar-refractivity contribution in [3.8, 4) is 0 Å². The Hall–Kier alpha value is -0.170. The summed E-state index contributed by atoms with van der Waals surface area (Å²) in [6.45, 7) is 2.86. The Balaban J connectivity index is 2.55. The number of nitrogens with zero attached hydrogens (tertiary/aromatic N) is 1. The molecule has 1 aliphatic rings. The fourth-order valence-electron chi connectivity index (χ4n) is 1.72. The maximum Gasteiger partial charge on any atom is 0.216 e. The van der Waals surface area contributed by atoms with Crippen LogP contribution >= 0.6 is 0 Å². The molecule has 1 heterocycles. The van der Waals surface area contributed by atoms with Crippen LogP contribution in [0.25, 0.3) is 0 Å². The summed E-state index contributed by atoms with van der Waals surface area (Å²) < 4.78 is 30.3. The summed E-state index contributed by atoms with van der Waals surface area (Å²) in [4.78, 5) is 0. The third kappa shape index (κ3) is 3.71. The van der Waals surface area contributed by atoms with Crippen LogP contribution in [0, 0.1) is 0 Å². The van der Waals surface area contributed by atoms with Gasteiger partial charge in [0.25, 0.3) is 0 Å². The van der Waals surface area contributed by atoms with Gasteiger partial charge in [0, 0.05) is 19.7 Å². The molecule has 5 nitrogen and oxygen atoms in total. The molecule has 0 aromatic heterocycles. The highest BCUT2D eigenvalue weighted by Crippen LogP contribution is 2.15. The molecule has 6 heteroatoms. The maximum atomic E-state index is 11.8. The summed E-state index contributed by atoms with van der Waals surface area (Å²) >= 11 is 0. The molecule has 1 N–H and O–H groups in total. The van der Waals surface area contributed by atoms with E-state index in [0.717, 1.165) is 12.8 Å². The largest absolute Gasteiger partial charge is 0.395 e. The molecule has 0 bridgehead atoms. The third-order valence-corrected chi connectivity index (χ3v) is 4.54. The van der Waals surface area contributed by atoms with Gasteiger partial charge < -0.3 is 9.84 Å². The molecule has 1 atom stereocenters. The monoisotopic (exact) mass is 237 g/mol. The van der Waals surface area contributed by atoms with Crippen LogP contribution in [0.4, 0.5) is 0 Å². The van der Waals surface area contributed by atoms with E-state index in [9.17, 15) is 8.42 Å². The molecule has 0 aromatic rings. The zero-order valence-corrected chi connectivity index (χ0v) is 9.87. The third-order valence-electron chi connectivity index (χ3n) is 2.52. The van der Waals surface area contributed by atoms with Crippen LogP contribution in [0.3, 0.4) is 0 Å². The van der Waals surface area contributed by atoms with Gasteiger partial charge in [-0.25, -0.2) is 8.42 Å². The summed E-state index contributed by atoms with van der Waals surface area (Å²) in [6, 6.07) is 0.